The quantitative estimate of drug-likeness (QED) is 0.713. The Bertz CT molecular complexity index is 669. The second kappa shape index (κ2) is 8.81. The zero-order valence-corrected chi connectivity index (χ0v) is 14.8. The summed E-state index contributed by atoms with van der Waals surface area (Å²) in [7, 11) is 0. The van der Waals surface area contributed by atoms with Gasteiger partial charge in [0.1, 0.15) is 11.5 Å². The molecular formula is C20H26N2O3. The van der Waals surface area contributed by atoms with Crippen LogP contribution in [-0.4, -0.2) is 29.1 Å². The van der Waals surface area contributed by atoms with E-state index in [4.69, 9.17) is 9.26 Å². The van der Waals surface area contributed by atoms with Gasteiger partial charge in [0.25, 0.3) is 0 Å². The van der Waals surface area contributed by atoms with Crippen molar-refractivity contribution in [2.75, 3.05) is 13.2 Å². The van der Waals surface area contributed by atoms with Gasteiger partial charge in [0, 0.05) is 25.6 Å². The maximum Gasteiger partial charge on any atom is 0.223 e. The van der Waals surface area contributed by atoms with E-state index in [-0.39, 0.29) is 11.9 Å². The zero-order valence-electron chi connectivity index (χ0n) is 14.8. The van der Waals surface area contributed by atoms with Gasteiger partial charge in [0.05, 0.1) is 12.6 Å². The molecule has 5 heteroatoms. The second-order valence-electron chi connectivity index (χ2n) is 6.60. The average molecular weight is 342 g/mol. The first kappa shape index (κ1) is 17.7. The molecule has 25 heavy (non-hydrogen) atoms. The number of carbonyl (C=O) groups excluding carboxylic acids is 1. The summed E-state index contributed by atoms with van der Waals surface area (Å²) in [6.45, 7) is 3.89. The van der Waals surface area contributed by atoms with E-state index in [1.807, 2.05) is 48.2 Å². The summed E-state index contributed by atoms with van der Waals surface area (Å²) in [5, 5.41) is 4.12. The highest BCUT2D eigenvalue weighted by atomic mass is 16.5. The molecule has 1 amide bonds. The molecule has 1 atom stereocenters. The maximum atomic E-state index is 12.6. The lowest BCUT2D eigenvalue weighted by atomic mass is 9.98. The normalized spacial score (nSPS) is 17.6. The zero-order chi connectivity index (χ0) is 17.5. The van der Waals surface area contributed by atoms with Crippen molar-refractivity contribution >= 4 is 5.91 Å². The van der Waals surface area contributed by atoms with Crippen LogP contribution in [0.1, 0.15) is 55.2 Å². The number of amides is 1. The highest BCUT2D eigenvalue weighted by Gasteiger charge is 2.29. The summed E-state index contributed by atoms with van der Waals surface area (Å²) in [6.07, 6.45) is 4.40. The smallest absolute Gasteiger partial charge is 0.223 e. The van der Waals surface area contributed by atoms with Crippen LogP contribution in [0, 0.1) is 6.92 Å². The molecule has 0 bridgehead atoms. The van der Waals surface area contributed by atoms with Gasteiger partial charge in [-0.25, -0.2) is 0 Å². The monoisotopic (exact) mass is 342 g/mol. The van der Waals surface area contributed by atoms with Gasteiger partial charge >= 0.3 is 0 Å². The van der Waals surface area contributed by atoms with E-state index in [2.05, 4.69) is 5.16 Å². The van der Waals surface area contributed by atoms with Crippen molar-refractivity contribution in [3.05, 3.63) is 53.4 Å². The third kappa shape index (κ3) is 4.92. The standard InChI is InChI=1S/C20H26N2O3/c1-16-14-18(21-25-16)19-10-5-6-12-22(19)20(23)11-7-13-24-15-17-8-3-2-4-9-17/h2-4,8-9,14,19H,5-7,10-13,15H2,1H3/t19-/m1/s1. The first-order valence-corrected chi connectivity index (χ1v) is 9.08. The van der Waals surface area contributed by atoms with Crippen molar-refractivity contribution in [2.24, 2.45) is 0 Å². The highest BCUT2D eigenvalue weighted by Crippen LogP contribution is 2.31. The van der Waals surface area contributed by atoms with Gasteiger partial charge in [-0.2, -0.15) is 0 Å². The molecule has 0 saturated carbocycles. The Hall–Kier alpha value is -2.14. The summed E-state index contributed by atoms with van der Waals surface area (Å²) in [6, 6.07) is 12.1. The molecule has 1 saturated heterocycles. The van der Waals surface area contributed by atoms with Gasteiger partial charge in [-0.3, -0.25) is 4.79 Å². The molecule has 0 N–H and O–H groups in total. The van der Waals surface area contributed by atoms with Gasteiger partial charge in [0.2, 0.25) is 5.91 Å². The van der Waals surface area contributed by atoms with Crippen molar-refractivity contribution in [2.45, 2.75) is 51.7 Å². The van der Waals surface area contributed by atoms with E-state index in [9.17, 15) is 4.79 Å². The largest absolute Gasteiger partial charge is 0.377 e. The molecule has 1 aromatic carbocycles. The Morgan fingerprint density at radius 3 is 2.92 bits per heavy atom. The number of rotatable bonds is 7. The van der Waals surface area contributed by atoms with Gasteiger partial charge in [-0.05, 0) is 38.2 Å². The predicted octanol–water partition coefficient (Wildman–Crippen LogP) is 4.03. The minimum Gasteiger partial charge on any atom is -0.377 e. The highest BCUT2D eigenvalue weighted by molar-refractivity contribution is 5.76. The Kier molecular flexibility index (Phi) is 6.23. The predicted molar refractivity (Wildman–Crippen MR) is 94.9 cm³/mol. The molecule has 3 rings (SSSR count). The summed E-state index contributed by atoms with van der Waals surface area (Å²) >= 11 is 0. The van der Waals surface area contributed by atoms with Crippen LogP contribution in [0.25, 0.3) is 0 Å². The molecule has 2 heterocycles. The van der Waals surface area contributed by atoms with Gasteiger partial charge in [0.15, 0.2) is 0 Å². The van der Waals surface area contributed by atoms with E-state index in [1.54, 1.807) is 0 Å². The molecule has 5 nitrogen and oxygen atoms in total. The van der Waals surface area contributed by atoms with Gasteiger partial charge in [-0.15, -0.1) is 0 Å². The average Bonchev–Trinajstić information content (AvgIpc) is 3.08. The third-order valence-corrected chi connectivity index (χ3v) is 4.60. The molecule has 0 unspecified atom stereocenters. The fraction of sp³-hybridized carbons (Fsp3) is 0.500. The lowest BCUT2D eigenvalue weighted by Crippen LogP contribution is -2.38. The molecule has 1 aromatic heterocycles. The molecule has 1 aliphatic heterocycles. The van der Waals surface area contributed by atoms with Gasteiger partial charge in [-0.1, -0.05) is 35.5 Å². The summed E-state index contributed by atoms with van der Waals surface area (Å²) in [5.41, 5.74) is 2.04. The Morgan fingerprint density at radius 2 is 2.16 bits per heavy atom. The first-order chi connectivity index (χ1) is 12.2. The fourth-order valence-electron chi connectivity index (χ4n) is 3.31. The van der Waals surface area contributed by atoms with Crippen LogP contribution >= 0.6 is 0 Å². The van der Waals surface area contributed by atoms with E-state index in [0.717, 1.165) is 49.2 Å². The number of nitrogens with zero attached hydrogens (tertiary/aromatic N) is 2. The first-order valence-electron chi connectivity index (χ1n) is 9.08. The molecule has 134 valence electrons. The van der Waals surface area contributed by atoms with Crippen molar-refractivity contribution < 1.29 is 14.1 Å². The molecule has 0 spiro atoms. The number of hydrogen-bond acceptors (Lipinski definition) is 4. The molecule has 1 fully saturated rings. The molecule has 0 aliphatic carbocycles. The molecule has 1 aliphatic rings. The lowest BCUT2D eigenvalue weighted by Gasteiger charge is -2.34. The van der Waals surface area contributed by atoms with E-state index >= 15 is 0 Å². The molecular weight excluding hydrogens is 316 g/mol. The molecule has 0 radical (unpaired) electrons. The third-order valence-electron chi connectivity index (χ3n) is 4.60. The summed E-state index contributed by atoms with van der Waals surface area (Å²) in [5.74, 6) is 0.982. The van der Waals surface area contributed by atoms with Crippen molar-refractivity contribution in [1.82, 2.24) is 10.1 Å². The van der Waals surface area contributed by atoms with E-state index in [1.165, 1.54) is 0 Å². The number of piperidine rings is 1. The summed E-state index contributed by atoms with van der Waals surface area (Å²) < 4.78 is 10.9. The van der Waals surface area contributed by atoms with Crippen LogP contribution in [0.5, 0.6) is 0 Å². The van der Waals surface area contributed by atoms with Crippen LogP contribution < -0.4 is 0 Å². The number of carbonyl (C=O) groups is 1. The maximum absolute atomic E-state index is 12.6. The van der Waals surface area contributed by atoms with Gasteiger partial charge < -0.3 is 14.2 Å². The van der Waals surface area contributed by atoms with E-state index in [0.29, 0.717) is 19.6 Å². The number of aromatic nitrogens is 1. The minimum atomic E-state index is 0.0592. The Balaban J connectivity index is 1.44. The van der Waals surface area contributed by atoms with Crippen molar-refractivity contribution in [3.8, 4) is 0 Å². The number of benzene rings is 1. The summed E-state index contributed by atoms with van der Waals surface area (Å²) in [4.78, 5) is 14.6. The van der Waals surface area contributed by atoms with Crippen LogP contribution in [0.15, 0.2) is 40.9 Å². The topological polar surface area (TPSA) is 55.6 Å². The van der Waals surface area contributed by atoms with Crippen LogP contribution in [-0.2, 0) is 16.1 Å². The Morgan fingerprint density at radius 1 is 1.32 bits per heavy atom. The number of aryl methyl sites for hydroxylation is 1. The molecule has 2 aromatic rings. The number of hydrogen-bond donors (Lipinski definition) is 0. The Labute approximate surface area is 148 Å². The van der Waals surface area contributed by atoms with Crippen molar-refractivity contribution in [3.63, 3.8) is 0 Å². The SMILES string of the molecule is Cc1cc([C@H]2CCCCN2C(=O)CCCOCc2ccccc2)no1. The second-order valence-corrected chi connectivity index (χ2v) is 6.60. The van der Waals surface area contributed by atoms with Crippen LogP contribution in [0.3, 0.4) is 0 Å². The van der Waals surface area contributed by atoms with Crippen LogP contribution in [0.4, 0.5) is 0 Å². The van der Waals surface area contributed by atoms with Crippen LogP contribution in [0.2, 0.25) is 0 Å². The fourth-order valence-corrected chi connectivity index (χ4v) is 3.31. The number of ether oxygens (including phenoxy) is 1. The van der Waals surface area contributed by atoms with Crippen molar-refractivity contribution in [1.29, 1.82) is 0 Å². The van der Waals surface area contributed by atoms with E-state index < -0.39 is 0 Å². The lowest BCUT2D eigenvalue weighted by molar-refractivity contribution is -0.135. The number of likely N-dealkylation sites (tertiary alicyclic amines) is 1. The minimum absolute atomic E-state index is 0.0592.